The van der Waals surface area contributed by atoms with Crippen LogP contribution in [0.5, 0.6) is 0 Å². The minimum atomic E-state index is -1.24. The maximum Gasteiger partial charge on any atom is 0.321 e. The number of para-hydroxylation sites is 1. The van der Waals surface area contributed by atoms with Crippen molar-refractivity contribution in [1.29, 1.82) is 0 Å². The average molecular weight is 543 g/mol. The number of halogens is 1. The molecule has 2 N–H and O–H groups in total. The first kappa shape index (κ1) is 26.6. The van der Waals surface area contributed by atoms with E-state index in [2.05, 4.69) is 10.6 Å². The van der Waals surface area contributed by atoms with Gasteiger partial charge in [0.25, 0.3) is 5.91 Å². The smallest absolute Gasteiger partial charge is 0.308 e. The molecule has 1 atom stereocenters. The van der Waals surface area contributed by atoms with Crippen molar-refractivity contribution in [2.45, 2.75) is 44.7 Å². The Morgan fingerprint density at radius 3 is 2.36 bits per heavy atom. The van der Waals surface area contributed by atoms with Crippen molar-refractivity contribution in [3.63, 3.8) is 0 Å². The van der Waals surface area contributed by atoms with Crippen LogP contribution in [-0.4, -0.2) is 36.1 Å². The van der Waals surface area contributed by atoms with Gasteiger partial charge in [0.2, 0.25) is 6.17 Å². The van der Waals surface area contributed by atoms with E-state index in [1.807, 2.05) is 54.6 Å². The number of aliphatic imine (C=N–C) groups is 1. The van der Waals surface area contributed by atoms with Gasteiger partial charge in [-0.25, -0.2) is 9.79 Å². The second-order valence-corrected chi connectivity index (χ2v) is 10.4. The van der Waals surface area contributed by atoms with E-state index in [4.69, 9.17) is 16.6 Å². The summed E-state index contributed by atoms with van der Waals surface area (Å²) in [6.07, 6.45) is 4.77. The third kappa shape index (κ3) is 6.37. The molecule has 2 aliphatic rings. The number of Topliss-reactive ketones (excluding diaryl/α,β-unsaturated/α-hetero) is 1. The molecule has 3 aromatic rings. The summed E-state index contributed by atoms with van der Waals surface area (Å²) < 4.78 is 0. The number of hydrogen-bond donors (Lipinski definition) is 2. The highest BCUT2D eigenvalue weighted by atomic mass is 35.5. The molecule has 8 heteroatoms. The summed E-state index contributed by atoms with van der Waals surface area (Å²) in [5.74, 6) is -0.482. The Bertz CT molecular complexity index is 1380. The average Bonchev–Trinajstić information content (AvgIpc) is 3.28. The first-order valence-corrected chi connectivity index (χ1v) is 13.8. The monoisotopic (exact) mass is 542 g/mol. The molecule has 0 saturated heterocycles. The van der Waals surface area contributed by atoms with Crippen molar-refractivity contribution < 1.29 is 14.4 Å². The summed E-state index contributed by atoms with van der Waals surface area (Å²) in [6, 6.07) is 23.1. The molecule has 1 fully saturated rings. The van der Waals surface area contributed by atoms with Gasteiger partial charge in [-0.15, -0.1) is 0 Å². The highest BCUT2D eigenvalue weighted by molar-refractivity contribution is 6.31. The number of ketones is 1. The number of anilines is 2. The molecule has 1 saturated carbocycles. The van der Waals surface area contributed by atoms with Gasteiger partial charge < -0.3 is 15.5 Å². The largest absolute Gasteiger partial charge is 0.321 e. The van der Waals surface area contributed by atoms with Gasteiger partial charge in [-0.05, 0) is 37.1 Å². The van der Waals surface area contributed by atoms with Gasteiger partial charge in [0.1, 0.15) is 0 Å². The van der Waals surface area contributed by atoms with E-state index in [0.29, 0.717) is 22.1 Å². The topological polar surface area (TPSA) is 90.9 Å². The number of nitrogens with zero attached hydrogens (tertiary/aromatic N) is 2. The van der Waals surface area contributed by atoms with E-state index in [1.54, 1.807) is 24.3 Å². The fourth-order valence-corrected chi connectivity index (χ4v) is 5.45. The Hall–Kier alpha value is -3.97. The summed E-state index contributed by atoms with van der Waals surface area (Å²) in [6.45, 7) is -0.0633. The molecule has 1 heterocycles. The fourth-order valence-electron chi connectivity index (χ4n) is 5.26. The molecule has 0 radical (unpaired) electrons. The molecule has 1 aliphatic heterocycles. The van der Waals surface area contributed by atoms with E-state index in [0.717, 1.165) is 49.7 Å². The van der Waals surface area contributed by atoms with Gasteiger partial charge in [-0.3, -0.25) is 9.59 Å². The minimum absolute atomic E-state index is 0.0466. The standard InChI is InChI=1S/C31H31ClN4O3/c32-23-15-10-16-24(19-23)33-31(39)35-29-30(38)36(20-27(37)21-11-4-1-2-5-12-21)26-18-9-8-17-25(26)28(34-29)22-13-6-3-7-14-22/h3,6-10,13-19,21,29H,1-2,4-5,11-12,20H2,(H2,33,35,39)/t29-/m0/s1. The van der Waals surface area contributed by atoms with Crippen molar-refractivity contribution in [3.05, 3.63) is 95.0 Å². The van der Waals surface area contributed by atoms with Crippen LogP contribution >= 0.6 is 11.6 Å². The van der Waals surface area contributed by atoms with E-state index in [1.165, 1.54) is 4.90 Å². The molecule has 200 valence electrons. The van der Waals surface area contributed by atoms with Crippen LogP contribution in [0.3, 0.4) is 0 Å². The van der Waals surface area contributed by atoms with E-state index in [9.17, 15) is 14.4 Å². The second kappa shape index (κ2) is 12.3. The lowest BCUT2D eigenvalue weighted by molar-refractivity contribution is -0.125. The van der Waals surface area contributed by atoms with Gasteiger partial charge in [-0.1, -0.05) is 91.9 Å². The highest BCUT2D eigenvalue weighted by Gasteiger charge is 2.35. The van der Waals surface area contributed by atoms with Gasteiger partial charge in [0, 0.05) is 27.8 Å². The Morgan fingerprint density at radius 2 is 1.62 bits per heavy atom. The van der Waals surface area contributed by atoms with Gasteiger partial charge >= 0.3 is 6.03 Å². The van der Waals surface area contributed by atoms with Gasteiger partial charge in [0.15, 0.2) is 5.78 Å². The minimum Gasteiger partial charge on any atom is -0.308 e. The van der Waals surface area contributed by atoms with Crippen LogP contribution in [0.25, 0.3) is 0 Å². The Morgan fingerprint density at radius 1 is 0.897 bits per heavy atom. The second-order valence-electron chi connectivity index (χ2n) is 9.95. The zero-order valence-corrected chi connectivity index (χ0v) is 22.4. The number of amides is 3. The molecule has 39 heavy (non-hydrogen) atoms. The normalized spacial score (nSPS) is 17.9. The molecule has 1 aliphatic carbocycles. The maximum absolute atomic E-state index is 14.0. The predicted octanol–water partition coefficient (Wildman–Crippen LogP) is 6.21. The first-order chi connectivity index (χ1) is 19.0. The van der Waals surface area contributed by atoms with Crippen molar-refractivity contribution in [3.8, 4) is 0 Å². The molecule has 3 amide bonds. The summed E-state index contributed by atoms with van der Waals surface area (Å²) in [5.41, 5.74) is 3.18. The number of benzene rings is 3. The first-order valence-electron chi connectivity index (χ1n) is 13.4. The fraction of sp³-hybridized carbons (Fsp3) is 0.290. The third-order valence-corrected chi connectivity index (χ3v) is 7.47. The molecular weight excluding hydrogens is 512 g/mol. The summed E-state index contributed by atoms with van der Waals surface area (Å²) in [7, 11) is 0. The van der Waals surface area contributed by atoms with E-state index < -0.39 is 18.1 Å². The van der Waals surface area contributed by atoms with Gasteiger partial charge in [-0.2, -0.15) is 0 Å². The molecule has 3 aromatic carbocycles. The number of carbonyl (C=O) groups is 3. The molecule has 0 spiro atoms. The SMILES string of the molecule is O=C(Nc1cccc(Cl)c1)N[C@@H]1N=C(c2ccccc2)c2ccccc2N(CC(=O)C2CCCCCC2)C1=O. The number of rotatable bonds is 6. The zero-order valence-electron chi connectivity index (χ0n) is 21.6. The quantitative estimate of drug-likeness (QED) is 0.363. The van der Waals surface area contributed by atoms with Crippen LogP contribution < -0.4 is 15.5 Å². The highest BCUT2D eigenvalue weighted by Crippen LogP contribution is 2.30. The van der Waals surface area contributed by atoms with Crippen LogP contribution in [0.2, 0.25) is 5.02 Å². The number of nitrogens with one attached hydrogen (secondary N) is 2. The van der Waals surface area contributed by atoms with E-state index >= 15 is 0 Å². The van der Waals surface area contributed by atoms with Crippen molar-refractivity contribution in [2.75, 3.05) is 16.8 Å². The third-order valence-electron chi connectivity index (χ3n) is 7.23. The molecule has 0 bridgehead atoms. The van der Waals surface area contributed by atoms with Crippen molar-refractivity contribution >= 4 is 46.4 Å². The molecule has 0 unspecified atom stereocenters. The number of urea groups is 1. The summed E-state index contributed by atoms with van der Waals surface area (Å²) >= 11 is 6.06. The van der Waals surface area contributed by atoms with Crippen molar-refractivity contribution in [2.24, 2.45) is 10.9 Å². The summed E-state index contributed by atoms with van der Waals surface area (Å²) in [5, 5.41) is 5.91. The Balaban J connectivity index is 1.50. The maximum atomic E-state index is 14.0. The molecule has 7 nitrogen and oxygen atoms in total. The van der Waals surface area contributed by atoms with Crippen LogP contribution in [0.15, 0.2) is 83.9 Å². The Kier molecular flexibility index (Phi) is 8.37. The molecular formula is C31H31ClN4O3. The number of fused-ring (bicyclic) bond motifs is 1. The lowest BCUT2D eigenvalue weighted by Crippen LogP contribution is -2.50. The van der Waals surface area contributed by atoms with Crippen LogP contribution in [0.1, 0.15) is 49.7 Å². The van der Waals surface area contributed by atoms with E-state index in [-0.39, 0.29) is 18.2 Å². The molecule has 5 rings (SSSR count). The Labute approximate surface area is 233 Å². The number of hydrogen-bond acceptors (Lipinski definition) is 4. The summed E-state index contributed by atoms with van der Waals surface area (Å²) in [4.78, 5) is 46.8. The zero-order chi connectivity index (χ0) is 27.2. The number of carbonyl (C=O) groups excluding carboxylic acids is 3. The predicted molar refractivity (Wildman–Crippen MR) is 154 cm³/mol. The lowest BCUT2D eigenvalue weighted by Gasteiger charge is -2.26. The van der Waals surface area contributed by atoms with Crippen LogP contribution in [0.4, 0.5) is 16.2 Å². The van der Waals surface area contributed by atoms with Crippen LogP contribution in [0, 0.1) is 5.92 Å². The van der Waals surface area contributed by atoms with Crippen LogP contribution in [-0.2, 0) is 9.59 Å². The van der Waals surface area contributed by atoms with Crippen molar-refractivity contribution in [1.82, 2.24) is 5.32 Å². The lowest BCUT2D eigenvalue weighted by atomic mass is 9.94. The van der Waals surface area contributed by atoms with Gasteiger partial charge in [0.05, 0.1) is 17.9 Å². The molecule has 0 aromatic heterocycles. The number of benzodiazepines with no additional fused rings is 1.